The fourth-order valence-corrected chi connectivity index (χ4v) is 4.13. The van der Waals surface area contributed by atoms with E-state index in [1.807, 2.05) is 44.2 Å². The molecule has 0 bridgehead atoms. The number of para-hydroxylation sites is 2. The van der Waals surface area contributed by atoms with Crippen molar-refractivity contribution in [2.24, 2.45) is 7.05 Å². The molecule has 0 aliphatic heterocycles. The molecule has 2 nitrogen and oxygen atoms in total. The summed E-state index contributed by atoms with van der Waals surface area (Å²) in [6, 6.07) is 14.1. The van der Waals surface area contributed by atoms with Crippen LogP contribution in [0.3, 0.4) is 0 Å². The third-order valence-corrected chi connectivity index (χ3v) is 5.29. The molecule has 10 radical (unpaired) electrons. The number of nitrogens with zero attached hydrogens (tertiary/aromatic N) is 2. The topological polar surface area (TPSA) is 8.81 Å². The second-order valence-electron chi connectivity index (χ2n) is 6.87. The zero-order chi connectivity index (χ0) is 20.2. The molecule has 0 spiro atoms. The summed E-state index contributed by atoms with van der Waals surface area (Å²) in [4.78, 5) is 0. The van der Waals surface area contributed by atoms with Crippen LogP contribution in [0.25, 0.3) is 22.4 Å². The number of fused-ring (bicyclic) bond motifs is 1. The van der Waals surface area contributed by atoms with Crippen LogP contribution in [0.2, 0.25) is 10.0 Å². The molecule has 6 heteroatoms. The van der Waals surface area contributed by atoms with Crippen LogP contribution >= 0.6 is 23.2 Å². The Bertz CT molecular complexity index is 951. The Balaban J connectivity index is 0.000000432. The number of hydrogen-bond acceptors (Lipinski definition) is 0. The van der Waals surface area contributed by atoms with Crippen molar-refractivity contribution in [1.82, 2.24) is 4.57 Å². The first-order valence-electron chi connectivity index (χ1n) is 9.44. The van der Waals surface area contributed by atoms with E-state index in [0.717, 1.165) is 17.9 Å². The van der Waals surface area contributed by atoms with Crippen molar-refractivity contribution in [3.63, 3.8) is 0 Å². The number of rotatable bonds is 3. The molecule has 0 unspecified atom stereocenters. The number of aryl methyl sites for hydroxylation is 1. The number of imidazole rings is 1. The smallest absolute Gasteiger partial charge is 1.00 e. The molecule has 0 saturated heterocycles. The first kappa shape index (κ1) is 27.0. The zero-order valence-electron chi connectivity index (χ0n) is 16.8. The molecule has 2 saturated carbocycles. The van der Waals surface area contributed by atoms with Crippen molar-refractivity contribution in [2.45, 2.75) is 6.54 Å². The van der Waals surface area contributed by atoms with E-state index in [-0.39, 0.29) is 41.0 Å². The van der Waals surface area contributed by atoms with Crippen LogP contribution in [0, 0.1) is 63.7 Å². The minimum atomic E-state index is 0. The van der Waals surface area contributed by atoms with Crippen LogP contribution in [-0.2, 0) is 30.7 Å². The maximum absolute atomic E-state index is 6.24. The Morgan fingerprint density at radius 2 is 1.35 bits per heavy atom. The first-order chi connectivity index (χ1) is 14.1. The van der Waals surface area contributed by atoms with Gasteiger partial charge in [-0.15, -0.1) is 0 Å². The minimum absolute atomic E-state index is 0. The van der Waals surface area contributed by atoms with Gasteiger partial charge in [0.2, 0.25) is 0 Å². The molecule has 2 aliphatic carbocycles. The summed E-state index contributed by atoms with van der Waals surface area (Å²) in [6.45, 7) is 0.799. The van der Waals surface area contributed by atoms with Gasteiger partial charge in [0, 0.05) is 16.0 Å². The second kappa shape index (κ2) is 12.8. The van der Waals surface area contributed by atoms with Crippen molar-refractivity contribution < 1.29 is 45.6 Å². The standard InChI is InChI=1S/C20H16Cl2N2.C5H5.Fe.HI/c1-23-18-8-4-5-9-19(18)24(13-14-6-2-3-7-14)20(23)15-10-16(21)12-17(22)11-15;1-2-4-5-3-1;;/h2-12H,13H2,1H3;1-5H;;1H/q+1;;+2;/p-1. The summed E-state index contributed by atoms with van der Waals surface area (Å²) >= 11 is 12.5. The Morgan fingerprint density at radius 3 is 1.94 bits per heavy atom. The average molecular weight is 603 g/mol. The molecule has 2 aliphatic rings. The van der Waals surface area contributed by atoms with Crippen molar-refractivity contribution in [1.29, 1.82) is 0 Å². The summed E-state index contributed by atoms with van der Waals surface area (Å²) in [5.74, 6) is 2.35. The Kier molecular flexibility index (Phi) is 11.2. The summed E-state index contributed by atoms with van der Waals surface area (Å²) in [6.07, 6.45) is 18.4. The number of benzene rings is 2. The second-order valence-corrected chi connectivity index (χ2v) is 7.74. The molecule has 5 rings (SSSR count). The SMILES string of the molecule is C[n+]1c(-c2cc(Cl)cc(Cl)c2)n(C[C]2[CH][CH][CH][CH]2)c2ccccc21.[CH]1[CH][CH][CH][CH]1.[Fe+2].[I-]. The van der Waals surface area contributed by atoms with Gasteiger partial charge in [-0.2, -0.15) is 0 Å². The third kappa shape index (κ3) is 6.63. The van der Waals surface area contributed by atoms with Gasteiger partial charge in [-0.1, -0.05) is 35.3 Å². The molecule has 3 aromatic rings. The monoisotopic (exact) mass is 602 g/mol. The largest absolute Gasteiger partial charge is 2.00 e. The van der Waals surface area contributed by atoms with E-state index in [0.29, 0.717) is 10.0 Å². The van der Waals surface area contributed by atoms with Crippen LogP contribution < -0.4 is 28.5 Å². The molecule has 0 atom stereocenters. The van der Waals surface area contributed by atoms with E-state index in [9.17, 15) is 0 Å². The van der Waals surface area contributed by atoms with Gasteiger partial charge >= 0.3 is 17.1 Å². The van der Waals surface area contributed by atoms with Gasteiger partial charge in [0.1, 0.15) is 0 Å². The average Bonchev–Trinajstić information content (AvgIpc) is 3.46. The molecule has 0 N–H and O–H groups in total. The van der Waals surface area contributed by atoms with Gasteiger partial charge in [-0.05, 0) is 88.1 Å². The number of hydrogen-bond donors (Lipinski definition) is 0. The van der Waals surface area contributed by atoms with Crippen molar-refractivity contribution in [3.8, 4) is 11.4 Å². The van der Waals surface area contributed by atoms with Gasteiger partial charge < -0.3 is 24.0 Å². The van der Waals surface area contributed by atoms with E-state index < -0.39 is 0 Å². The molecule has 31 heavy (non-hydrogen) atoms. The van der Waals surface area contributed by atoms with E-state index in [1.54, 1.807) is 6.07 Å². The third-order valence-electron chi connectivity index (χ3n) is 4.86. The summed E-state index contributed by atoms with van der Waals surface area (Å²) in [5.41, 5.74) is 3.38. The minimum Gasteiger partial charge on any atom is -1.00 e. The fraction of sp³-hybridized carbons (Fsp3) is 0.0800. The van der Waals surface area contributed by atoms with Crippen molar-refractivity contribution in [3.05, 3.63) is 116 Å². The van der Waals surface area contributed by atoms with E-state index in [1.165, 1.54) is 17.0 Å². The zero-order valence-corrected chi connectivity index (χ0v) is 21.6. The van der Waals surface area contributed by atoms with E-state index >= 15 is 0 Å². The predicted molar refractivity (Wildman–Crippen MR) is 121 cm³/mol. The van der Waals surface area contributed by atoms with Gasteiger partial charge in [-0.25, -0.2) is 9.13 Å². The predicted octanol–water partition coefficient (Wildman–Crippen LogP) is 2.87. The normalized spacial score (nSPS) is 15.8. The maximum atomic E-state index is 6.24. The van der Waals surface area contributed by atoms with Crippen LogP contribution in [0.4, 0.5) is 0 Å². The van der Waals surface area contributed by atoms with Crippen LogP contribution in [0.15, 0.2) is 42.5 Å². The van der Waals surface area contributed by atoms with Crippen molar-refractivity contribution in [2.75, 3.05) is 0 Å². The Hall–Kier alpha value is -0.261. The molecule has 1 aromatic heterocycles. The van der Waals surface area contributed by atoms with E-state index in [2.05, 4.69) is 66.1 Å². The molecular formula is C25H21Cl2FeIN2+2. The summed E-state index contributed by atoms with van der Waals surface area (Å²) in [5, 5.41) is 1.28. The molecule has 2 fully saturated rings. The molecule has 1 heterocycles. The summed E-state index contributed by atoms with van der Waals surface area (Å²) < 4.78 is 4.51. The maximum Gasteiger partial charge on any atom is 2.00 e. The Morgan fingerprint density at radius 1 is 0.806 bits per heavy atom. The van der Waals surface area contributed by atoms with Gasteiger partial charge in [-0.3, -0.25) is 0 Å². The molecule has 0 amide bonds. The fourth-order valence-electron chi connectivity index (χ4n) is 3.60. The quantitative estimate of drug-likeness (QED) is 0.248. The number of aromatic nitrogens is 2. The van der Waals surface area contributed by atoms with Crippen LogP contribution in [-0.4, -0.2) is 4.57 Å². The van der Waals surface area contributed by atoms with E-state index in [4.69, 9.17) is 23.2 Å². The molecule has 2 aromatic carbocycles. The number of halogens is 3. The first-order valence-corrected chi connectivity index (χ1v) is 10.2. The molecular weight excluding hydrogens is 582 g/mol. The molecule has 158 valence electrons. The van der Waals surface area contributed by atoms with Gasteiger partial charge in [0.05, 0.1) is 19.2 Å². The van der Waals surface area contributed by atoms with Crippen molar-refractivity contribution >= 4 is 34.2 Å². The van der Waals surface area contributed by atoms with Crippen LogP contribution in [0.5, 0.6) is 0 Å². The van der Waals surface area contributed by atoms with Gasteiger partial charge in [0.15, 0.2) is 11.0 Å². The van der Waals surface area contributed by atoms with Gasteiger partial charge in [0.25, 0.3) is 5.82 Å². The Labute approximate surface area is 224 Å². The van der Waals surface area contributed by atoms with Crippen LogP contribution in [0.1, 0.15) is 0 Å². The summed E-state index contributed by atoms with van der Waals surface area (Å²) in [7, 11) is 2.08.